The van der Waals surface area contributed by atoms with Gasteiger partial charge in [0.25, 0.3) is 5.91 Å². The van der Waals surface area contributed by atoms with Gasteiger partial charge in [-0.2, -0.15) is 0 Å². The average Bonchev–Trinajstić information content (AvgIpc) is 3.35. The van der Waals surface area contributed by atoms with Gasteiger partial charge in [-0.05, 0) is 32.4 Å². The van der Waals surface area contributed by atoms with Crippen LogP contribution >= 0.6 is 11.3 Å². The monoisotopic (exact) mass is 412 g/mol. The van der Waals surface area contributed by atoms with Crippen LogP contribution in [0.1, 0.15) is 29.1 Å². The first-order valence-corrected chi connectivity index (χ1v) is 10.4. The van der Waals surface area contributed by atoms with Gasteiger partial charge in [0.05, 0.1) is 17.9 Å². The maximum absolute atomic E-state index is 12.6. The lowest BCUT2D eigenvalue weighted by Gasteiger charge is -2.19. The summed E-state index contributed by atoms with van der Waals surface area (Å²) in [6.45, 7) is 5.14. The Bertz CT molecular complexity index is 1070. The number of anilines is 1. The number of fused-ring (bicyclic) bond motifs is 1. The molecule has 1 aliphatic heterocycles. The number of benzene rings is 1. The fourth-order valence-corrected chi connectivity index (χ4v) is 4.42. The molecule has 0 saturated carbocycles. The molecule has 0 spiro atoms. The summed E-state index contributed by atoms with van der Waals surface area (Å²) in [6.07, 6.45) is 3.51. The number of aryl methyl sites for hydroxylation is 2. The smallest absolute Gasteiger partial charge is 0.260 e. The number of thiazole rings is 1. The van der Waals surface area contributed by atoms with Crippen LogP contribution in [-0.4, -0.2) is 46.3 Å². The molecule has 3 aromatic rings. The first kappa shape index (κ1) is 19.4. The van der Waals surface area contributed by atoms with E-state index in [-0.39, 0.29) is 18.4 Å². The zero-order chi connectivity index (χ0) is 20.5. The van der Waals surface area contributed by atoms with Gasteiger partial charge in [0, 0.05) is 42.8 Å². The average molecular weight is 413 g/mol. The highest BCUT2D eigenvalue weighted by Gasteiger charge is 2.22. The van der Waals surface area contributed by atoms with Gasteiger partial charge in [0.1, 0.15) is 5.75 Å². The minimum Gasteiger partial charge on any atom is -0.484 e. The van der Waals surface area contributed by atoms with Gasteiger partial charge in [0.2, 0.25) is 5.91 Å². The molecule has 3 heterocycles. The number of aromatic nitrogens is 2. The standard InChI is InChI=1S/C21H24N4O3S/c1-14-11-25-18(15(2)22-21(25)29-14)12-23(3)20(27)13-28-17-7-4-6-16(10-17)24-9-5-8-19(24)26/h4,6-7,10-11H,5,8-9,12-13H2,1-3H3. The number of likely N-dealkylation sites (N-methyl/N-ethyl adjacent to an activating group) is 1. The van der Waals surface area contributed by atoms with Crippen molar-refractivity contribution in [3.8, 4) is 5.75 Å². The van der Waals surface area contributed by atoms with Gasteiger partial charge in [-0.3, -0.25) is 14.0 Å². The van der Waals surface area contributed by atoms with Gasteiger partial charge in [0.15, 0.2) is 11.6 Å². The van der Waals surface area contributed by atoms with Crippen molar-refractivity contribution in [2.45, 2.75) is 33.2 Å². The highest BCUT2D eigenvalue weighted by Crippen LogP contribution is 2.25. The van der Waals surface area contributed by atoms with E-state index in [1.807, 2.05) is 32.0 Å². The zero-order valence-electron chi connectivity index (χ0n) is 16.8. The third-order valence-corrected chi connectivity index (χ3v) is 6.02. The Balaban J connectivity index is 1.39. The van der Waals surface area contributed by atoms with Crippen molar-refractivity contribution in [2.75, 3.05) is 25.1 Å². The second-order valence-electron chi connectivity index (χ2n) is 7.32. The Kier molecular flexibility index (Phi) is 5.27. The lowest BCUT2D eigenvalue weighted by molar-refractivity contribution is -0.132. The van der Waals surface area contributed by atoms with E-state index in [0.717, 1.165) is 35.0 Å². The minimum atomic E-state index is -0.117. The zero-order valence-corrected chi connectivity index (χ0v) is 17.7. The van der Waals surface area contributed by atoms with Crippen molar-refractivity contribution in [3.05, 3.63) is 46.7 Å². The number of carbonyl (C=O) groups is 2. The fraction of sp³-hybridized carbons (Fsp3) is 0.381. The van der Waals surface area contributed by atoms with Crippen LogP contribution in [0.3, 0.4) is 0 Å². The lowest BCUT2D eigenvalue weighted by Crippen LogP contribution is -2.31. The molecule has 0 bridgehead atoms. The Morgan fingerprint density at radius 3 is 2.93 bits per heavy atom. The number of amides is 2. The summed E-state index contributed by atoms with van der Waals surface area (Å²) in [5, 5.41) is 0. The molecule has 1 fully saturated rings. The Morgan fingerprint density at radius 2 is 2.17 bits per heavy atom. The van der Waals surface area contributed by atoms with E-state index in [4.69, 9.17) is 4.74 Å². The van der Waals surface area contributed by atoms with Crippen molar-refractivity contribution in [1.82, 2.24) is 14.3 Å². The molecule has 7 nitrogen and oxygen atoms in total. The van der Waals surface area contributed by atoms with Crippen LogP contribution in [0.15, 0.2) is 30.5 Å². The predicted octanol–water partition coefficient (Wildman–Crippen LogP) is 3.18. The van der Waals surface area contributed by atoms with E-state index in [2.05, 4.69) is 15.6 Å². The third kappa shape index (κ3) is 3.98. The summed E-state index contributed by atoms with van der Waals surface area (Å²) in [4.78, 5) is 34.6. The molecule has 1 aliphatic rings. The Hall–Kier alpha value is -2.87. The van der Waals surface area contributed by atoms with Gasteiger partial charge in [-0.1, -0.05) is 6.07 Å². The molecule has 1 aromatic carbocycles. The lowest BCUT2D eigenvalue weighted by atomic mass is 10.3. The molecular weight excluding hydrogens is 388 g/mol. The van der Waals surface area contributed by atoms with Crippen LogP contribution in [0.5, 0.6) is 5.75 Å². The summed E-state index contributed by atoms with van der Waals surface area (Å²) in [7, 11) is 1.77. The molecule has 0 N–H and O–H groups in total. The molecule has 0 atom stereocenters. The summed E-state index contributed by atoms with van der Waals surface area (Å²) in [5.41, 5.74) is 2.76. The highest BCUT2D eigenvalue weighted by atomic mass is 32.1. The normalized spacial score (nSPS) is 14.0. The van der Waals surface area contributed by atoms with Gasteiger partial charge >= 0.3 is 0 Å². The van der Waals surface area contributed by atoms with E-state index in [0.29, 0.717) is 18.7 Å². The van der Waals surface area contributed by atoms with Crippen LogP contribution in [0.4, 0.5) is 5.69 Å². The fourth-order valence-electron chi connectivity index (χ4n) is 3.53. The molecule has 152 valence electrons. The molecule has 1 saturated heterocycles. The van der Waals surface area contributed by atoms with Crippen molar-refractivity contribution in [1.29, 1.82) is 0 Å². The first-order chi connectivity index (χ1) is 13.9. The minimum absolute atomic E-state index is 0.0580. The number of carbonyl (C=O) groups excluding carboxylic acids is 2. The Labute approximate surface area is 173 Å². The molecular formula is C21H24N4O3S. The van der Waals surface area contributed by atoms with Gasteiger partial charge in [-0.15, -0.1) is 11.3 Å². The maximum atomic E-state index is 12.6. The van der Waals surface area contributed by atoms with E-state index >= 15 is 0 Å². The van der Waals surface area contributed by atoms with Gasteiger partial charge < -0.3 is 14.5 Å². The number of nitrogens with zero attached hydrogens (tertiary/aromatic N) is 4. The van der Waals surface area contributed by atoms with Crippen molar-refractivity contribution in [3.63, 3.8) is 0 Å². The summed E-state index contributed by atoms with van der Waals surface area (Å²) in [5.74, 6) is 0.596. The number of hydrogen-bond acceptors (Lipinski definition) is 5. The number of ether oxygens (including phenoxy) is 1. The van der Waals surface area contributed by atoms with Gasteiger partial charge in [-0.25, -0.2) is 4.98 Å². The van der Waals surface area contributed by atoms with E-state index in [9.17, 15) is 9.59 Å². The second-order valence-corrected chi connectivity index (χ2v) is 8.54. The van der Waals surface area contributed by atoms with Crippen molar-refractivity contribution >= 4 is 33.8 Å². The molecule has 8 heteroatoms. The number of imidazole rings is 1. The SMILES string of the molecule is Cc1cn2c(CN(C)C(=O)COc3cccc(N4CCCC4=O)c3)c(C)nc2s1. The maximum Gasteiger partial charge on any atom is 0.260 e. The second kappa shape index (κ2) is 7.87. The molecule has 0 unspecified atom stereocenters. The first-order valence-electron chi connectivity index (χ1n) is 9.63. The topological polar surface area (TPSA) is 67.2 Å². The molecule has 0 aliphatic carbocycles. The summed E-state index contributed by atoms with van der Waals surface area (Å²) >= 11 is 1.64. The molecule has 0 radical (unpaired) electrons. The molecule has 4 rings (SSSR count). The summed E-state index contributed by atoms with van der Waals surface area (Å²) < 4.78 is 7.77. The largest absolute Gasteiger partial charge is 0.484 e. The number of rotatable bonds is 6. The summed E-state index contributed by atoms with van der Waals surface area (Å²) in [6, 6.07) is 7.35. The van der Waals surface area contributed by atoms with Crippen LogP contribution in [0.2, 0.25) is 0 Å². The Morgan fingerprint density at radius 1 is 1.34 bits per heavy atom. The molecule has 29 heavy (non-hydrogen) atoms. The quantitative estimate of drug-likeness (QED) is 0.624. The van der Waals surface area contributed by atoms with Crippen molar-refractivity contribution in [2.24, 2.45) is 0 Å². The van der Waals surface area contributed by atoms with Crippen LogP contribution < -0.4 is 9.64 Å². The number of hydrogen-bond donors (Lipinski definition) is 0. The van der Waals surface area contributed by atoms with Crippen molar-refractivity contribution < 1.29 is 14.3 Å². The third-order valence-electron chi connectivity index (χ3n) is 5.12. The van der Waals surface area contributed by atoms with Crippen LogP contribution in [-0.2, 0) is 16.1 Å². The van der Waals surface area contributed by atoms with Crippen LogP contribution in [0, 0.1) is 13.8 Å². The van der Waals surface area contributed by atoms with E-state index < -0.39 is 0 Å². The highest BCUT2D eigenvalue weighted by molar-refractivity contribution is 7.17. The molecule has 2 aromatic heterocycles. The van der Waals surface area contributed by atoms with Crippen LogP contribution in [0.25, 0.3) is 4.96 Å². The molecule has 2 amide bonds. The van der Waals surface area contributed by atoms with E-state index in [1.165, 1.54) is 4.88 Å². The van der Waals surface area contributed by atoms with E-state index in [1.54, 1.807) is 34.3 Å². The predicted molar refractivity (Wildman–Crippen MR) is 113 cm³/mol.